The lowest BCUT2D eigenvalue weighted by Crippen LogP contribution is -2.35. The quantitative estimate of drug-likeness (QED) is 0.762. The van der Waals surface area contributed by atoms with Gasteiger partial charge in [-0.3, -0.25) is 9.59 Å². The number of amides is 1. The van der Waals surface area contributed by atoms with Crippen LogP contribution in [-0.4, -0.2) is 43.5 Å². The van der Waals surface area contributed by atoms with Crippen molar-refractivity contribution in [2.75, 3.05) is 18.1 Å². The highest BCUT2D eigenvalue weighted by molar-refractivity contribution is 7.91. The van der Waals surface area contributed by atoms with Gasteiger partial charge in [0.05, 0.1) is 17.4 Å². The van der Waals surface area contributed by atoms with Crippen molar-refractivity contribution in [3.05, 3.63) is 0 Å². The third-order valence-corrected chi connectivity index (χ3v) is 5.39. The smallest absolute Gasteiger partial charge is 0.308 e. The Morgan fingerprint density at radius 3 is 2.38 bits per heavy atom. The fourth-order valence-corrected chi connectivity index (χ4v) is 4.45. The molecule has 6 nitrogen and oxygen atoms in total. The van der Waals surface area contributed by atoms with E-state index in [0.29, 0.717) is 12.8 Å². The van der Waals surface area contributed by atoms with Crippen LogP contribution in [0.2, 0.25) is 0 Å². The maximum absolute atomic E-state index is 11.8. The first kappa shape index (κ1) is 17.9. The fourth-order valence-electron chi connectivity index (χ4n) is 2.59. The van der Waals surface area contributed by atoms with Crippen LogP contribution in [0.1, 0.15) is 40.0 Å². The summed E-state index contributed by atoms with van der Waals surface area (Å²) in [7, 11) is -2.98. The molecule has 0 spiro atoms. The minimum atomic E-state index is -2.98. The van der Waals surface area contributed by atoms with Gasteiger partial charge in [-0.2, -0.15) is 0 Å². The molecule has 0 aromatic rings. The Morgan fingerprint density at radius 2 is 1.95 bits per heavy atom. The van der Waals surface area contributed by atoms with Gasteiger partial charge in [-0.05, 0) is 24.2 Å². The van der Waals surface area contributed by atoms with Gasteiger partial charge < -0.3 is 10.4 Å². The molecule has 1 amide bonds. The molecule has 1 aliphatic heterocycles. The van der Waals surface area contributed by atoms with Crippen molar-refractivity contribution in [1.29, 1.82) is 0 Å². The molecule has 0 aromatic carbocycles. The molecule has 1 aliphatic rings. The number of aliphatic carboxylic acids is 1. The summed E-state index contributed by atoms with van der Waals surface area (Å²) < 4.78 is 22.7. The topological polar surface area (TPSA) is 101 Å². The van der Waals surface area contributed by atoms with Crippen LogP contribution in [0, 0.1) is 17.3 Å². The van der Waals surface area contributed by atoms with E-state index in [0.717, 1.165) is 0 Å². The third kappa shape index (κ3) is 6.93. The van der Waals surface area contributed by atoms with Crippen LogP contribution in [0.5, 0.6) is 0 Å². The molecular weight excluding hydrogens is 294 g/mol. The largest absolute Gasteiger partial charge is 0.481 e. The number of rotatable bonds is 6. The lowest BCUT2D eigenvalue weighted by atomic mass is 9.84. The summed E-state index contributed by atoms with van der Waals surface area (Å²) in [5.41, 5.74) is -0.132. The van der Waals surface area contributed by atoms with Crippen LogP contribution in [-0.2, 0) is 19.4 Å². The van der Waals surface area contributed by atoms with Crippen molar-refractivity contribution >= 4 is 21.7 Å². The van der Waals surface area contributed by atoms with Crippen LogP contribution in [0.3, 0.4) is 0 Å². The minimum Gasteiger partial charge on any atom is -0.481 e. The second kappa shape index (κ2) is 6.77. The summed E-state index contributed by atoms with van der Waals surface area (Å²) in [6.07, 6.45) is 1.14. The molecule has 0 aliphatic carbocycles. The Bertz CT molecular complexity index is 492. The SMILES string of the molecule is CC(C)(C)CC(CNC(=O)CC1CCS(=O)(=O)C1)C(=O)O. The van der Waals surface area contributed by atoms with Crippen LogP contribution >= 0.6 is 0 Å². The van der Waals surface area contributed by atoms with Crippen molar-refractivity contribution in [2.24, 2.45) is 17.3 Å². The second-order valence-corrected chi connectivity index (χ2v) is 9.31. The van der Waals surface area contributed by atoms with Gasteiger partial charge in [0, 0.05) is 13.0 Å². The summed E-state index contributed by atoms with van der Waals surface area (Å²) in [6.45, 7) is 5.95. The fraction of sp³-hybridized carbons (Fsp3) is 0.857. The first-order valence-corrected chi connectivity index (χ1v) is 9.00. The summed E-state index contributed by atoms with van der Waals surface area (Å²) in [4.78, 5) is 23.0. The number of hydrogen-bond donors (Lipinski definition) is 2. The molecule has 2 unspecified atom stereocenters. The number of hydrogen-bond acceptors (Lipinski definition) is 4. The highest BCUT2D eigenvalue weighted by Gasteiger charge is 2.30. The Balaban J connectivity index is 2.42. The molecule has 1 rings (SSSR count). The molecule has 1 heterocycles. The molecule has 122 valence electrons. The summed E-state index contributed by atoms with van der Waals surface area (Å²) in [5, 5.41) is 11.8. The van der Waals surface area contributed by atoms with Gasteiger partial charge in [0.25, 0.3) is 0 Å². The molecule has 2 atom stereocenters. The van der Waals surface area contributed by atoms with E-state index in [-0.39, 0.29) is 41.7 Å². The normalized spacial score (nSPS) is 22.7. The zero-order valence-electron chi connectivity index (χ0n) is 12.9. The van der Waals surface area contributed by atoms with Gasteiger partial charge in [0.1, 0.15) is 0 Å². The minimum absolute atomic E-state index is 0.0603. The van der Waals surface area contributed by atoms with Crippen molar-refractivity contribution < 1.29 is 23.1 Å². The van der Waals surface area contributed by atoms with Gasteiger partial charge in [0.2, 0.25) is 5.91 Å². The second-order valence-electron chi connectivity index (χ2n) is 7.08. The van der Waals surface area contributed by atoms with Gasteiger partial charge in [0.15, 0.2) is 9.84 Å². The maximum atomic E-state index is 11.8. The van der Waals surface area contributed by atoms with E-state index in [4.69, 9.17) is 0 Å². The highest BCUT2D eigenvalue weighted by Crippen LogP contribution is 2.25. The molecule has 1 fully saturated rings. The summed E-state index contributed by atoms with van der Waals surface area (Å²) in [5.74, 6) is -1.75. The van der Waals surface area contributed by atoms with Crippen LogP contribution < -0.4 is 5.32 Å². The summed E-state index contributed by atoms with van der Waals surface area (Å²) >= 11 is 0. The zero-order valence-corrected chi connectivity index (χ0v) is 13.7. The monoisotopic (exact) mass is 319 g/mol. The predicted octanol–water partition coefficient (Wildman–Crippen LogP) is 1.06. The average Bonchev–Trinajstić information content (AvgIpc) is 2.62. The Morgan fingerprint density at radius 1 is 1.33 bits per heavy atom. The molecule has 2 N–H and O–H groups in total. The van der Waals surface area contributed by atoms with Crippen LogP contribution in [0.25, 0.3) is 0 Å². The summed E-state index contributed by atoms with van der Waals surface area (Å²) in [6, 6.07) is 0. The molecule has 1 saturated heterocycles. The average molecular weight is 319 g/mol. The van der Waals surface area contributed by atoms with Crippen molar-refractivity contribution in [1.82, 2.24) is 5.32 Å². The van der Waals surface area contributed by atoms with E-state index < -0.39 is 21.7 Å². The van der Waals surface area contributed by atoms with E-state index in [2.05, 4.69) is 5.32 Å². The van der Waals surface area contributed by atoms with E-state index in [1.807, 2.05) is 20.8 Å². The Kier molecular flexibility index (Phi) is 5.78. The number of nitrogens with one attached hydrogen (secondary N) is 1. The van der Waals surface area contributed by atoms with Crippen molar-refractivity contribution in [2.45, 2.75) is 40.0 Å². The lowest BCUT2D eigenvalue weighted by Gasteiger charge is -2.23. The van der Waals surface area contributed by atoms with Gasteiger partial charge in [-0.1, -0.05) is 20.8 Å². The van der Waals surface area contributed by atoms with Crippen LogP contribution in [0.4, 0.5) is 0 Å². The molecule has 0 radical (unpaired) electrons. The van der Waals surface area contributed by atoms with Crippen molar-refractivity contribution in [3.8, 4) is 0 Å². The van der Waals surface area contributed by atoms with E-state index in [1.165, 1.54) is 0 Å². The standard InChI is InChI=1S/C14H25NO5S/c1-14(2,3)7-11(13(17)18)8-15-12(16)6-10-4-5-21(19,20)9-10/h10-11H,4-9H2,1-3H3,(H,15,16)(H,17,18). The van der Waals surface area contributed by atoms with E-state index in [9.17, 15) is 23.1 Å². The molecule has 21 heavy (non-hydrogen) atoms. The molecule has 7 heteroatoms. The van der Waals surface area contributed by atoms with Crippen molar-refractivity contribution in [3.63, 3.8) is 0 Å². The lowest BCUT2D eigenvalue weighted by molar-refractivity contribution is -0.142. The van der Waals surface area contributed by atoms with Crippen LogP contribution in [0.15, 0.2) is 0 Å². The number of carbonyl (C=O) groups is 2. The molecule has 0 aromatic heterocycles. The van der Waals surface area contributed by atoms with Gasteiger partial charge >= 0.3 is 5.97 Å². The van der Waals surface area contributed by atoms with E-state index >= 15 is 0 Å². The molecule has 0 saturated carbocycles. The zero-order chi connectivity index (χ0) is 16.3. The number of sulfone groups is 1. The Hall–Kier alpha value is -1.11. The number of carbonyl (C=O) groups excluding carboxylic acids is 1. The van der Waals surface area contributed by atoms with Gasteiger partial charge in [-0.15, -0.1) is 0 Å². The number of carboxylic acid groups (broad SMARTS) is 1. The third-order valence-electron chi connectivity index (χ3n) is 3.55. The Labute approximate surface area is 126 Å². The maximum Gasteiger partial charge on any atom is 0.308 e. The number of carboxylic acids is 1. The first-order valence-electron chi connectivity index (χ1n) is 7.18. The molecular formula is C14H25NO5S. The van der Waals surface area contributed by atoms with Gasteiger partial charge in [-0.25, -0.2) is 8.42 Å². The van der Waals surface area contributed by atoms with E-state index in [1.54, 1.807) is 0 Å². The predicted molar refractivity (Wildman–Crippen MR) is 79.6 cm³/mol. The first-order chi connectivity index (χ1) is 9.48. The molecule has 0 bridgehead atoms. The highest BCUT2D eigenvalue weighted by atomic mass is 32.2.